The Morgan fingerprint density at radius 3 is 2.71 bits per heavy atom. The van der Waals surface area contributed by atoms with Crippen LogP contribution in [0.25, 0.3) is 0 Å². The maximum Gasteiger partial charge on any atom is 0.243 e. The van der Waals surface area contributed by atoms with E-state index in [2.05, 4.69) is 41.0 Å². The molecule has 128 valence electrons. The molecule has 4 aliphatic rings. The molecule has 0 unspecified atom stereocenters. The highest BCUT2D eigenvalue weighted by atomic mass is 16.2. The summed E-state index contributed by atoms with van der Waals surface area (Å²) in [6.45, 7) is 4.33. The number of carbonyl (C=O) groups excluding carboxylic acids is 1. The lowest BCUT2D eigenvalue weighted by Gasteiger charge is -2.35. The fraction of sp³-hybridized carbons (Fsp3) is 0.667. The molecular formula is C21H28N2O. The zero-order valence-corrected chi connectivity index (χ0v) is 14.7. The summed E-state index contributed by atoms with van der Waals surface area (Å²) in [5.74, 6) is 1.02. The van der Waals surface area contributed by atoms with Crippen LogP contribution in [-0.4, -0.2) is 40.4 Å². The van der Waals surface area contributed by atoms with Crippen LogP contribution in [0.5, 0.6) is 0 Å². The normalized spacial score (nSPS) is 36.5. The average Bonchev–Trinajstić information content (AvgIpc) is 3.32. The van der Waals surface area contributed by atoms with Crippen molar-refractivity contribution in [2.75, 3.05) is 13.1 Å². The fourth-order valence-corrected chi connectivity index (χ4v) is 6.31. The van der Waals surface area contributed by atoms with E-state index < -0.39 is 0 Å². The molecule has 3 aliphatic heterocycles. The van der Waals surface area contributed by atoms with Crippen LogP contribution in [0.3, 0.4) is 0 Å². The van der Waals surface area contributed by atoms with Crippen molar-refractivity contribution in [1.82, 2.24) is 9.80 Å². The standard InChI is InChI=1S/C21H28N2O/c1-15-7-2-5-10-18(15)19-13-16-14-22(17-8-3-4-9-17)20(24)21(16)11-6-12-23(19)21/h2,5,7,10,16-17,19H,3-4,6,8-9,11-14H2,1H3/t16-,19-,21-/m0/s1. The smallest absolute Gasteiger partial charge is 0.243 e. The third-order valence-electron chi connectivity index (χ3n) is 7.39. The predicted molar refractivity (Wildman–Crippen MR) is 94.7 cm³/mol. The summed E-state index contributed by atoms with van der Waals surface area (Å²) in [7, 11) is 0. The van der Waals surface area contributed by atoms with E-state index in [1.54, 1.807) is 0 Å². The molecule has 1 saturated carbocycles. The first-order valence-corrected chi connectivity index (χ1v) is 9.85. The number of nitrogens with zero attached hydrogens (tertiary/aromatic N) is 2. The highest BCUT2D eigenvalue weighted by Crippen LogP contribution is 2.57. The van der Waals surface area contributed by atoms with Gasteiger partial charge < -0.3 is 4.90 Å². The van der Waals surface area contributed by atoms with Crippen LogP contribution in [0.2, 0.25) is 0 Å². The van der Waals surface area contributed by atoms with Gasteiger partial charge in [-0.25, -0.2) is 0 Å². The van der Waals surface area contributed by atoms with E-state index in [0.717, 1.165) is 19.5 Å². The molecule has 0 aromatic heterocycles. The Morgan fingerprint density at radius 1 is 1.12 bits per heavy atom. The van der Waals surface area contributed by atoms with Crippen LogP contribution < -0.4 is 0 Å². The first-order chi connectivity index (χ1) is 11.7. The summed E-state index contributed by atoms with van der Waals surface area (Å²) < 4.78 is 0. The van der Waals surface area contributed by atoms with Crippen LogP contribution in [-0.2, 0) is 4.79 Å². The number of hydrogen-bond donors (Lipinski definition) is 0. The van der Waals surface area contributed by atoms with Crippen molar-refractivity contribution in [2.24, 2.45) is 5.92 Å². The van der Waals surface area contributed by atoms with Crippen LogP contribution >= 0.6 is 0 Å². The Hall–Kier alpha value is -1.35. The van der Waals surface area contributed by atoms with Gasteiger partial charge in [0.1, 0.15) is 5.54 Å². The van der Waals surface area contributed by atoms with Gasteiger partial charge in [-0.2, -0.15) is 0 Å². The molecule has 1 aromatic carbocycles. The van der Waals surface area contributed by atoms with Gasteiger partial charge in [0.05, 0.1) is 0 Å². The molecule has 3 nitrogen and oxygen atoms in total. The van der Waals surface area contributed by atoms with Gasteiger partial charge in [0.15, 0.2) is 0 Å². The molecule has 3 atom stereocenters. The molecule has 3 saturated heterocycles. The van der Waals surface area contributed by atoms with E-state index in [9.17, 15) is 4.79 Å². The molecule has 0 bridgehead atoms. The van der Waals surface area contributed by atoms with Crippen molar-refractivity contribution >= 4 is 5.91 Å². The van der Waals surface area contributed by atoms with Crippen molar-refractivity contribution in [3.63, 3.8) is 0 Å². The van der Waals surface area contributed by atoms with E-state index in [-0.39, 0.29) is 5.54 Å². The lowest BCUT2D eigenvalue weighted by molar-refractivity contribution is -0.138. The highest BCUT2D eigenvalue weighted by Gasteiger charge is 2.65. The summed E-state index contributed by atoms with van der Waals surface area (Å²) in [6.07, 6.45) is 8.51. The minimum absolute atomic E-state index is 0.157. The highest BCUT2D eigenvalue weighted by molar-refractivity contribution is 5.90. The average molecular weight is 324 g/mol. The van der Waals surface area contributed by atoms with E-state index in [1.807, 2.05) is 0 Å². The van der Waals surface area contributed by atoms with Gasteiger partial charge in [-0.1, -0.05) is 37.1 Å². The number of rotatable bonds is 2. The fourth-order valence-electron chi connectivity index (χ4n) is 6.31. The molecule has 0 N–H and O–H groups in total. The second-order valence-corrected chi connectivity index (χ2v) is 8.42. The Balaban J connectivity index is 1.49. The number of benzene rings is 1. The molecule has 1 aliphatic carbocycles. The molecule has 5 rings (SSSR count). The summed E-state index contributed by atoms with van der Waals surface area (Å²) in [4.78, 5) is 18.4. The summed E-state index contributed by atoms with van der Waals surface area (Å²) in [6, 6.07) is 9.78. The number of amides is 1. The summed E-state index contributed by atoms with van der Waals surface area (Å²) >= 11 is 0. The summed E-state index contributed by atoms with van der Waals surface area (Å²) in [5.41, 5.74) is 2.67. The molecular weight excluding hydrogens is 296 g/mol. The zero-order chi connectivity index (χ0) is 16.3. The van der Waals surface area contributed by atoms with Crippen molar-refractivity contribution < 1.29 is 4.79 Å². The Bertz CT molecular complexity index is 666. The van der Waals surface area contributed by atoms with Crippen LogP contribution in [0.15, 0.2) is 24.3 Å². The van der Waals surface area contributed by atoms with Crippen molar-refractivity contribution in [1.29, 1.82) is 0 Å². The number of likely N-dealkylation sites (tertiary alicyclic amines) is 1. The van der Waals surface area contributed by atoms with Gasteiger partial charge in [0.25, 0.3) is 0 Å². The SMILES string of the molecule is Cc1ccccc1[C@@H]1C[C@H]2CN(C3CCCC3)C(=O)[C@]23CCCN13. The first-order valence-electron chi connectivity index (χ1n) is 9.85. The van der Waals surface area contributed by atoms with Crippen LogP contribution in [0.1, 0.15) is 62.1 Å². The topological polar surface area (TPSA) is 23.6 Å². The second kappa shape index (κ2) is 5.32. The minimum Gasteiger partial charge on any atom is -0.338 e. The number of carbonyl (C=O) groups is 1. The Kier molecular flexibility index (Phi) is 3.31. The summed E-state index contributed by atoms with van der Waals surface area (Å²) in [5, 5.41) is 0. The molecule has 1 aromatic rings. The maximum absolute atomic E-state index is 13.5. The molecule has 4 fully saturated rings. The third-order valence-corrected chi connectivity index (χ3v) is 7.39. The van der Waals surface area contributed by atoms with Crippen molar-refractivity contribution in [3.8, 4) is 0 Å². The quantitative estimate of drug-likeness (QED) is 0.828. The van der Waals surface area contributed by atoms with Crippen LogP contribution in [0, 0.1) is 12.8 Å². The third kappa shape index (κ3) is 1.85. The van der Waals surface area contributed by atoms with Gasteiger partial charge in [0.2, 0.25) is 5.91 Å². The predicted octanol–water partition coefficient (Wildman–Crippen LogP) is 3.68. The first kappa shape index (κ1) is 14.9. The molecule has 3 heterocycles. The Morgan fingerprint density at radius 2 is 1.92 bits per heavy atom. The van der Waals surface area contributed by atoms with Crippen LogP contribution in [0.4, 0.5) is 0 Å². The van der Waals surface area contributed by atoms with E-state index in [1.165, 1.54) is 49.7 Å². The number of aryl methyl sites for hydroxylation is 1. The molecule has 1 spiro atoms. The van der Waals surface area contributed by atoms with Gasteiger partial charge >= 0.3 is 0 Å². The van der Waals surface area contributed by atoms with Crippen molar-refractivity contribution in [2.45, 2.75) is 69.5 Å². The molecule has 3 heteroatoms. The molecule has 24 heavy (non-hydrogen) atoms. The van der Waals surface area contributed by atoms with E-state index >= 15 is 0 Å². The van der Waals surface area contributed by atoms with Gasteiger partial charge in [0, 0.05) is 24.5 Å². The van der Waals surface area contributed by atoms with Gasteiger partial charge in [-0.15, -0.1) is 0 Å². The molecule has 1 amide bonds. The van der Waals surface area contributed by atoms with E-state index in [4.69, 9.17) is 0 Å². The number of hydrogen-bond acceptors (Lipinski definition) is 2. The zero-order valence-electron chi connectivity index (χ0n) is 14.7. The lowest BCUT2D eigenvalue weighted by Crippen LogP contribution is -2.51. The van der Waals surface area contributed by atoms with Gasteiger partial charge in [-0.3, -0.25) is 9.69 Å². The second-order valence-electron chi connectivity index (χ2n) is 8.42. The largest absolute Gasteiger partial charge is 0.338 e. The van der Waals surface area contributed by atoms with Crippen molar-refractivity contribution in [3.05, 3.63) is 35.4 Å². The Labute approximate surface area is 145 Å². The maximum atomic E-state index is 13.5. The minimum atomic E-state index is -0.157. The monoisotopic (exact) mass is 324 g/mol. The van der Waals surface area contributed by atoms with E-state index in [0.29, 0.717) is 23.9 Å². The molecule has 0 radical (unpaired) electrons. The lowest BCUT2D eigenvalue weighted by atomic mass is 9.85. The van der Waals surface area contributed by atoms with Gasteiger partial charge in [-0.05, 0) is 56.7 Å².